The third kappa shape index (κ3) is 4.46. The van der Waals surface area contributed by atoms with Crippen molar-refractivity contribution in [1.82, 2.24) is 0 Å². The van der Waals surface area contributed by atoms with Crippen LogP contribution in [-0.2, 0) is 19.1 Å². The second-order valence-corrected chi connectivity index (χ2v) is 5.68. The highest BCUT2D eigenvalue weighted by molar-refractivity contribution is 6.01. The van der Waals surface area contributed by atoms with Crippen LogP contribution in [0.3, 0.4) is 0 Å². The van der Waals surface area contributed by atoms with Crippen LogP contribution in [0.15, 0.2) is 30.3 Å². The van der Waals surface area contributed by atoms with Crippen LogP contribution >= 0.6 is 0 Å². The van der Waals surface area contributed by atoms with Crippen LogP contribution in [0, 0.1) is 5.92 Å². The van der Waals surface area contributed by atoms with E-state index < -0.39 is 23.6 Å². The van der Waals surface area contributed by atoms with Gasteiger partial charge >= 0.3 is 5.97 Å². The minimum Gasteiger partial charge on any atom is -0.459 e. The predicted octanol–water partition coefficient (Wildman–Crippen LogP) is 2.92. The third-order valence-corrected chi connectivity index (χ3v) is 2.78. The van der Waals surface area contributed by atoms with E-state index in [2.05, 4.69) is 0 Å². The van der Waals surface area contributed by atoms with E-state index in [1.807, 2.05) is 18.2 Å². The molecule has 0 fully saturated rings. The van der Waals surface area contributed by atoms with Crippen molar-refractivity contribution in [3.8, 4) is 0 Å². The van der Waals surface area contributed by atoms with E-state index in [-0.39, 0.29) is 5.78 Å². The first kappa shape index (κ1) is 16.4. The zero-order chi connectivity index (χ0) is 15.3. The standard InChI is InChI=1S/C16H22O4/c1-11(15(18)20-16(2,3)4)13(17)14(19-5)12-9-7-6-8-10-12/h6-11,14H,1-5H3. The van der Waals surface area contributed by atoms with Crippen molar-refractivity contribution in [3.05, 3.63) is 35.9 Å². The Morgan fingerprint density at radius 2 is 1.65 bits per heavy atom. The molecular weight excluding hydrogens is 256 g/mol. The van der Waals surface area contributed by atoms with Gasteiger partial charge in [0, 0.05) is 7.11 Å². The summed E-state index contributed by atoms with van der Waals surface area (Å²) < 4.78 is 10.5. The van der Waals surface area contributed by atoms with E-state index in [1.165, 1.54) is 7.11 Å². The molecule has 0 amide bonds. The molecule has 0 spiro atoms. The van der Waals surface area contributed by atoms with E-state index in [1.54, 1.807) is 39.8 Å². The monoisotopic (exact) mass is 278 g/mol. The summed E-state index contributed by atoms with van der Waals surface area (Å²) in [6.07, 6.45) is -0.751. The Hall–Kier alpha value is -1.68. The van der Waals surface area contributed by atoms with Crippen LogP contribution in [0.25, 0.3) is 0 Å². The average Bonchev–Trinajstić information content (AvgIpc) is 2.37. The zero-order valence-electron chi connectivity index (χ0n) is 12.7. The molecule has 0 aliphatic heterocycles. The molecule has 1 aromatic rings. The summed E-state index contributed by atoms with van der Waals surface area (Å²) in [5.41, 5.74) is 0.122. The Kier molecular flexibility index (Phi) is 5.45. The van der Waals surface area contributed by atoms with Crippen LogP contribution in [0.2, 0.25) is 0 Å². The topological polar surface area (TPSA) is 52.6 Å². The van der Waals surface area contributed by atoms with Crippen molar-refractivity contribution in [3.63, 3.8) is 0 Å². The van der Waals surface area contributed by atoms with E-state index >= 15 is 0 Å². The Labute approximate surface area is 120 Å². The minimum atomic E-state index is -0.862. The van der Waals surface area contributed by atoms with E-state index in [9.17, 15) is 9.59 Å². The summed E-state index contributed by atoms with van der Waals surface area (Å²) in [7, 11) is 1.46. The van der Waals surface area contributed by atoms with Crippen molar-refractivity contribution in [2.45, 2.75) is 39.4 Å². The van der Waals surface area contributed by atoms with Gasteiger partial charge in [-0.1, -0.05) is 30.3 Å². The van der Waals surface area contributed by atoms with E-state index in [0.29, 0.717) is 0 Å². The van der Waals surface area contributed by atoms with Gasteiger partial charge in [0.05, 0.1) is 0 Å². The van der Waals surface area contributed by atoms with Crippen LogP contribution in [0.5, 0.6) is 0 Å². The van der Waals surface area contributed by atoms with Crippen molar-refractivity contribution in [1.29, 1.82) is 0 Å². The number of hydrogen-bond acceptors (Lipinski definition) is 4. The molecule has 2 atom stereocenters. The van der Waals surface area contributed by atoms with Crippen LogP contribution in [0.4, 0.5) is 0 Å². The van der Waals surface area contributed by atoms with Crippen LogP contribution in [-0.4, -0.2) is 24.5 Å². The lowest BCUT2D eigenvalue weighted by atomic mass is 9.96. The van der Waals surface area contributed by atoms with Gasteiger partial charge in [-0.15, -0.1) is 0 Å². The van der Waals surface area contributed by atoms with Gasteiger partial charge in [0.25, 0.3) is 0 Å². The van der Waals surface area contributed by atoms with Gasteiger partial charge in [-0.2, -0.15) is 0 Å². The highest BCUT2D eigenvalue weighted by Gasteiger charge is 2.32. The minimum absolute atomic E-state index is 0.298. The lowest BCUT2D eigenvalue weighted by molar-refractivity contribution is -0.163. The van der Waals surface area contributed by atoms with Crippen molar-refractivity contribution in [2.24, 2.45) is 5.92 Å². The van der Waals surface area contributed by atoms with Crippen LogP contribution in [0.1, 0.15) is 39.4 Å². The molecule has 4 heteroatoms. The smallest absolute Gasteiger partial charge is 0.316 e. The van der Waals surface area contributed by atoms with E-state index in [4.69, 9.17) is 9.47 Å². The SMILES string of the molecule is COC(C(=O)C(C)C(=O)OC(C)(C)C)c1ccccc1. The Bertz CT molecular complexity index is 459. The largest absolute Gasteiger partial charge is 0.459 e. The molecule has 0 heterocycles. The van der Waals surface area contributed by atoms with Gasteiger partial charge in [0.1, 0.15) is 17.6 Å². The maximum atomic E-state index is 12.4. The zero-order valence-corrected chi connectivity index (χ0v) is 12.7. The number of Topliss-reactive ketones (excluding diaryl/α,β-unsaturated/α-hetero) is 1. The first-order valence-electron chi connectivity index (χ1n) is 6.60. The summed E-state index contributed by atoms with van der Waals surface area (Å²) in [4.78, 5) is 24.3. The number of hydrogen-bond donors (Lipinski definition) is 0. The number of rotatable bonds is 5. The third-order valence-electron chi connectivity index (χ3n) is 2.78. The molecule has 0 aromatic heterocycles. The van der Waals surface area contributed by atoms with Crippen molar-refractivity contribution >= 4 is 11.8 Å². The lowest BCUT2D eigenvalue weighted by Crippen LogP contribution is -2.33. The fourth-order valence-corrected chi connectivity index (χ4v) is 1.78. The quantitative estimate of drug-likeness (QED) is 0.614. The Morgan fingerprint density at radius 3 is 2.10 bits per heavy atom. The second kappa shape index (κ2) is 6.66. The normalized spacial score (nSPS) is 14.4. The molecule has 0 bridgehead atoms. The fourth-order valence-electron chi connectivity index (χ4n) is 1.78. The number of ketones is 1. The van der Waals surface area contributed by atoms with E-state index in [0.717, 1.165) is 5.56 Å². The lowest BCUT2D eigenvalue weighted by Gasteiger charge is -2.23. The molecule has 2 unspecified atom stereocenters. The molecular formula is C16H22O4. The molecule has 0 radical (unpaired) electrons. The maximum absolute atomic E-state index is 12.4. The number of methoxy groups -OCH3 is 1. The van der Waals surface area contributed by atoms with Crippen LogP contribution < -0.4 is 0 Å². The summed E-state index contributed by atoms with van der Waals surface area (Å²) in [5, 5.41) is 0. The van der Waals surface area contributed by atoms with Gasteiger partial charge in [-0.05, 0) is 33.3 Å². The first-order chi connectivity index (χ1) is 9.26. The van der Waals surface area contributed by atoms with Crippen molar-refractivity contribution < 1.29 is 19.1 Å². The number of benzene rings is 1. The number of carbonyl (C=O) groups is 2. The molecule has 20 heavy (non-hydrogen) atoms. The van der Waals surface area contributed by atoms with Gasteiger partial charge in [-0.25, -0.2) is 0 Å². The highest BCUT2D eigenvalue weighted by atomic mass is 16.6. The number of esters is 1. The first-order valence-corrected chi connectivity index (χ1v) is 6.60. The Morgan fingerprint density at radius 1 is 1.10 bits per heavy atom. The summed E-state index contributed by atoms with van der Waals surface area (Å²) in [6.45, 7) is 6.86. The predicted molar refractivity (Wildman–Crippen MR) is 76.2 cm³/mol. The molecule has 0 N–H and O–H groups in total. The maximum Gasteiger partial charge on any atom is 0.316 e. The average molecular weight is 278 g/mol. The summed E-state index contributed by atoms with van der Waals surface area (Å²) in [6, 6.07) is 9.11. The van der Waals surface area contributed by atoms with Crippen molar-refractivity contribution in [2.75, 3.05) is 7.11 Å². The van der Waals surface area contributed by atoms with Gasteiger partial charge in [0.2, 0.25) is 0 Å². The molecule has 0 saturated heterocycles. The number of carbonyl (C=O) groups excluding carboxylic acids is 2. The van der Waals surface area contributed by atoms with Gasteiger partial charge in [-0.3, -0.25) is 9.59 Å². The number of ether oxygens (including phenoxy) is 2. The fraction of sp³-hybridized carbons (Fsp3) is 0.500. The molecule has 0 aliphatic carbocycles. The highest BCUT2D eigenvalue weighted by Crippen LogP contribution is 2.23. The second-order valence-electron chi connectivity index (χ2n) is 5.68. The molecule has 110 valence electrons. The summed E-state index contributed by atoms with van der Waals surface area (Å²) >= 11 is 0. The molecule has 0 saturated carbocycles. The Balaban J connectivity index is 2.84. The van der Waals surface area contributed by atoms with Gasteiger partial charge < -0.3 is 9.47 Å². The van der Waals surface area contributed by atoms with Gasteiger partial charge in [0.15, 0.2) is 5.78 Å². The molecule has 1 aromatic carbocycles. The molecule has 1 rings (SSSR count). The molecule has 4 nitrogen and oxygen atoms in total. The molecule has 0 aliphatic rings. The summed E-state index contributed by atoms with van der Waals surface area (Å²) in [5.74, 6) is -1.69.